The van der Waals surface area contributed by atoms with Crippen LogP contribution in [-0.4, -0.2) is 26.1 Å². The van der Waals surface area contributed by atoms with Crippen LogP contribution in [-0.2, 0) is 0 Å². The number of nitrogens with zero attached hydrogens (tertiary/aromatic N) is 4. The third-order valence-electron chi connectivity index (χ3n) is 4.35. The summed E-state index contributed by atoms with van der Waals surface area (Å²) < 4.78 is 5.79. The fourth-order valence-electron chi connectivity index (χ4n) is 2.97. The first-order valence-corrected chi connectivity index (χ1v) is 9.37. The van der Waals surface area contributed by atoms with E-state index in [1.807, 2.05) is 51.1 Å². The van der Waals surface area contributed by atoms with E-state index in [2.05, 4.69) is 31.0 Å². The quantitative estimate of drug-likeness (QED) is 0.490. The predicted molar refractivity (Wildman–Crippen MR) is 113 cm³/mol. The number of aromatic nitrogens is 4. The molecule has 0 atom stereocenters. The number of hydrazine groups is 1. The van der Waals surface area contributed by atoms with Crippen molar-refractivity contribution >= 4 is 11.9 Å². The summed E-state index contributed by atoms with van der Waals surface area (Å²) in [7, 11) is 0. The third-order valence-corrected chi connectivity index (χ3v) is 4.35. The van der Waals surface area contributed by atoms with Gasteiger partial charge in [-0.2, -0.15) is 0 Å². The molecule has 0 unspecified atom stereocenters. The lowest BCUT2D eigenvalue weighted by molar-refractivity contribution is 0.0962. The molecule has 1 amide bonds. The highest BCUT2D eigenvalue weighted by atomic mass is 16.4. The van der Waals surface area contributed by atoms with Crippen molar-refractivity contribution in [1.82, 2.24) is 25.6 Å². The van der Waals surface area contributed by atoms with E-state index in [9.17, 15) is 4.79 Å². The van der Waals surface area contributed by atoms with Crippen molar-refractivity contribution in [3.05, 3.63) is 77.1 Å². The Kier molecular flexibility index (Phi) is 5.21. The van der Waals surface area contributed by atoms with Crippen LogP contribution in [0.5, 0.6) is 0 Å². The molecule has 8 heteroatoms. The van der Waals surface area contributed by atoms with E-state index in [4.69, 9.17) is 4.42 Å². The minimum absolute atomic E-state index is 0.310. The molecule has 150 valence electrons. The number of hydrogen-bond donors (Lipinski definition) is 2. The van der Waals surface area contributed by atoms with Crippen LogP contribution in [0.2, 0.25) is 0 Å². The number of amides is 1. The topological polar surface area (TPSA) is 106 Å². The van der Waals surface area contributed by atoms with Crippen LogP contribution >= 0.6 is 0 Å². The van der Waals surface area contributed by atoms with E-state index in [0.717, 1.165) is 28.1 Å². The van der Waals surface area contributed by atoms with E-state index in [1.165, 1.54) is 0 Å². The van der Waals surface area contributed by atoms with Gasteiger partial charge in [-0.05, 0) is 63.2 Å². The van der Waals surface area contributed by atoms with Gasteiger partial charge in [0, 0.05) is 28.1 Å². The molecule has 0 aliphatic carbocycles. The van der Waals surface area contributed by atoms with Crippen LogP contribution in [0.4, 0.5) is 5.95 Å². The fraction of sp³-hybridized carbons (Fsp3) is 0.136. The molecule has 2 aromatic carbocycles. The van der Waals surface area contributed by atoms with Gasteiger partial charge in [-0.25, -0.2) is 9.97 Å². The molecule has 30 heavy (non-hydrogen) atoms. The molecular weight excluding hydrogens is 380 g/mol. The van der Waals surface area contributed by atoms with Gasteiger partial charge < -0.3 is 4.42 Å². The zero-order chi connectivity index (χ0) is 21.1. The molecule has 0 radical (unpaired) electrons. The van der Waals surface area contributed by atoms with Gasteiger partial charge in [0.25, 0.3) is 5.91 Å². The predicted octanol–water partition coefficient (Wildman–Crippen LogP) is 3.88. The second-order valence-electron chi connectivity index (χ2n) is 6.91. The first kappa shape index (κ1) is 19.3. The second-order valence-corrected chi connectivity index (χ2v) is 6.91. The number of carbonyl (C=O) groups excluding carboxylic acids is 1. The largest absolute Gasteiger partial charge is 0.416 e. The lowest BCUT2D eigenvalue weighted by atomic mass is 10.1. The van der Waals surface area contributed by atoms with E-state index >= 15 is 0 Å². The van der Waals surface area contributed by atoms with Gasteiger partial charge in [0.2, 0.25) is 17.7 Å². The molecule has 0 spiro atoms. The third kappa shape index (κ3) is 4.33. The lowest BCUT2D eigenvalue weighted by Gasteiger charge is -2.08. The van der Waals surface area contributed by atoms with Gasteiger partial charge in [-0.15, -0.1) is 10.2 Å². The highest BCUT2D eigenvalue weighted by Crippen LogP contribution is 2.24. The van der Waals surface area contributed by atoms with Crippen LogP contribution in [0.3, 0.4) is 0 Å². The van der Waals surface area contributed by atoms with E-state index in [1.54, 1.807) is 24.3 Å². The summed E-state index contributed by atoms with van der Waals surface area (Å²) in [5.41, 5.74) is 10.1. The SMILES string of the molecule is Cc1cccc(-c2nnc(-c3ccc(C(=O)NNc4nc(C)cc(C)n4)cc3)o2)c1. The number of anilines is 1. The minimum atomic E-state index is -0.310. The number of hydrogen-bond acceptors (Lipinski definition) is 7. The highest BCUT2D eigenvalue weighted by Gasteiger charge is 2.12. The van der Waals surface area contributed by atoms with Gasteiger partial charge >= 0.3 is 0 Å². The van der Waals surface area contributed by atoms with Gasteiger partial charge in [0.15, 0.2) is 0 Å². The first-order chi connectivity index (χ1) is 14.5. The van der Waals surface area contributed by atoms with Gasteiger partial charge in [0.05, 0.1) is 0 Å². The van der Waals surface area contributed by atoms with Crippen molar-refractivity contribution in [3.8, 4) is 22.9 Å². The van der Waals surface area contributed by atoms with Crippen LogP contribution in [0.25, 0.3) is 22.9 Å². The Hall–Kier alpha value is -4.07. The Morgan fingerprint density at radius 2 is 1.50 bits per heavy atom. The summed E-state index contributed by atoms with van der Waals surface area (Å²) in [6.07, 6.45) is 0. The van der Waals surface area contributed by atoms with Crippen molar-refractivity contribution in [1.29, 1.82) is 0 Å². The molecule has 0 aliphatic rings. The lowest BCUT2D eigenvalue weighted by Crippen LogP contribution is -2.30. The fourth-order valence-corrected chi connectivity index (χ4v) is 2.97. The molecule has 8 nitrogen and oxygen atoms in total. The molecule has 0 saturated heterocycles. The average molecular weight is 400 g/mol. The number of benzene rings is 2. The van der Waals surface area contributed by atoms with Crippen LogP contribution in [0, 0.1) is 20.8 Å². The summed E-state index contributed by atoms with van der Waals surface area (Å²) in [6, 6.07) is 16.6. The summed E-state index contributed by atoms with van der Waals surface area (Å²) in [6.45, 7) is 5.73. The summed E-state index contributed by atoms with van der Waals surface area (Å²) >= 11 is 0. The Morgan fingerprint density at radius 1 is 0.833 bits per heavy atom. The maximum absolute atomic E-state index is 12.4. The van der Waals surface area contributed by atoms with E-state index in [-0.39, 0.29) is 5.91 Å². The van der Waals surface area contributed by atoms with Gasteiger partial charge in [0.1, 0.15) is 0 Å². The highest BCUT2D eigenvalue weighted by molar-refractivity contribution is 5.95. The molecule has 2 aromatic heterocycles. The molecule has 0 aliphatic heterocycles. The zero-order valence-corrected chi connectivity index (χ0v) is 16.8. The molecule has 4 aromatic rings. The Bertz CT molecular complexity index is 1180. The van der Waals surface area contributed by atoms with Crippen LogP contribution in [0.1, 0.15) is 27.3 Å². The summed E-state index contributed by atoms with van der Waals surface area (Å²) in [4.78, 5) is 20.8. The summed E-state index contributed by atoms with van der Waals surface area (Å²) in [5.74, 6) is 0.871. The maximum atomic E-state index is 12.4. The van der Waals surface area contributed by atoms with Crippen LogP contribution < -0.4 is 10.9 Å². The standard InChI is InChI=1S/C22H20N6O2/c1-13-5-4-6-18(11-13)21-27-26-20(30-21)17-9-7-16(8-10-17)19(29)25-28-22-23-14(2)12-15(3)24-22/h4-12H,1-3H3,(H,25,29)(H,23,24,28). The molecule has 4 rings (SSSR count). The van der Waals surface area contributed by atoms with E-state index < -0.39 is 0 Å². The smallest absolute Gasteiger partial charge is 0.269 e. The molecule has 2 heterocycles. The molecule has 0 saturated carbocycles. The Morgan fingerprint density at radius 3 is 2.17 bits per heavy atom. The zero-order valence-electron chi connectivity index (χ0n) is 16.8. The number of carbonyl (C=O) groups is 1. The molecule has 2 N–H and O–H groups in total. The normalized spacial score (nSPS) is 10.6. The first-order valence-electron chi connectivity index (χ1n) is 9.37. The van der Waals surface area contributed by atoms with Crippen molar-refractivity contribution < 1.29 is 9.21 Å². The van der Waals surface area contributed by atoms with Crippen molar-refractivity contribution in [2.75, 3.05) is 5.43 Å². The van der Waals surface area contributed by atoms with Crippen molar-refractivity contribution in [2.45, 2.75) is 20.8 Å². The number of rotatable bonds is 5. The average Bonchev–Trinajstić information content (AvgIpc) is 3.22. The molecule has 0 fully saturated rings. The van der Waals surface area contributed by atoms with Crippen LogP contribution in [0.15, 0.2) is 59.0 Å². The Balaban J connectivity index is 1.44. The molecule has 0 bridgehead atoms. The Labute approximate surface area is 173 Å². The number of aryl methyl sites for hydroxylation is 3. The second kappa shape index (κ2) is 8.12. The van der Waals surface area contributed by atoms with Gasteiger partial charge in [-0.3, -0.25) is 15.6 Å². The number of nitrogens with one attached hydrogen (secondary N) is 2. The maximum Gasteiger partial charge on any atom is 0.269 e. The van der Waals surface area contributed by atoms with Crippen molar-refractivity contribution in [2.24, 2.45) is 0 Å². The van der Waals surface area contributed by atoms with E-state index in [0.29, 0.717) is 23.3 Å². The molecular formula is C22H20N6O2. The monoisotopic (exact) mass is 400 g/mol. The minimum Gasteiger partial charge on any atom is -0.416 e. The van der Waals surface area contributed by atoms with Gasteiger partial charge in [-0.1, -0.05) is 17.7 Å². The van der Waals surface area contributed by atoms with Crippen molar-refractivity contribution in [3.63, 3.8) is 0 Å². The summed E-state index contributed by atoms with van der Waals surface area (Å²) in [5, 5.41) is 8.23.